The number of para-hydroxylation sites is 1. The van der Waals surface area contributed by atoms with Crippen LogP contribution in [0.4, 0.5) is 0 Å². The van der Waals surface area contributed by atoms with Crippen LogP contribution >= 0.6 is 0 Å². The van der Waals surface area contributed by atoms with Crippen molar-refractivity contribution in [3.8, 4) is 11.8 Å². The molecule has 0 atom stereocenters. The lowest BCUT2D eigenvalue weighted by Gasteiger charge is -2.25. The molecule has 8 heteroatoms. The van der Waals surface area contributed by atoms with Crippen molar-refractivity contribution in [1.29, 1.82) is 5.26 Å². The van der Waals surface area contributed by atoms with Gasteiger partial charge in [0.1, 0.15) is 5.69 Å². The third-order valence-corrected chi connectivity index (χ3v) is 4.86. The molecule has 1 aromatic heterocycles. The van der Waals surface area contributed by atoms with Crippen LogP contribution in [0.3, 0.4) is 0 Å². The summed E-state index contributed by atoms with van der Waals surface area (Å²) in [5.41, 5.74) is 2.34. The van der Waals surface area contributed by atoms with Crippen LogP contribution in [0.5, 0.6) is 0 Å². The van der Waals surface area contributed by atoms with E-state index in [1.54, 1.807) is 23.1 Å². The van der Waals surface area contributed by atoms with Crippen LogP contribution in [0.15, 0.2) is 60.7 Å². The van der Waals surface area contributed by atoms with Crippen molar-refractivity contribution in [2.75, 3.05) is 34.3 Å². The average Bonchev–Trinajstić information content (AvgIpc) is 3.27. The maximum atomic E-state index is 13.7. The second-order valence-electron chi connectivity index (χ2n) is 7.50. The fraction of sp³-hybridized carbons (Fsp3) is 0.250. The zero-order valence-electron chi connectivity index (χ0n) is 18.4. The minimum atomic E-state index is -0.615. The molecule has 8 nitrogen and oxygen atoms in total. The first-order valence-corrected chi connectivity index (χ1v) is 10.1. The van der Waals surface area contributed by atoms with E-state index in [-0.39, 0.29) is 17.3 Å². The molecule has 0 bridgehead atoms. The van der Waals surface area contributed by atoms with E-state index in [0.717, 1.165) is 5.56 Å². The molecule has 0 saturated heterocycles. The van der Waals surface area contributed by atoms with Gasteiger partial charge in [0.05, 0.1) is 24.4 Å². The molecule has 2 aromatic carbocycles. The van der Waals surface area contributed by atoms with Gasteiger partial charge in [-0.1, -0.05) is 30.3 Å². The second kappa shape index (κ2) is 10.4. The van der Waals surface area contributed by atoms with Crippen molar-refractivity contribution in [3.05, 3.63) is 83.2 Å². The molecule has 0 radical (unpaired) electrons. The molecule has 3 aromatic rings. The predicted molar refractivity (Wildman–Crippen MR) is 119 cm³/mol. The number of carbonyl (C=O) groups excluding carboxylic acids is 2. The van der Waals surface area contributed by atoms with Crippen LogP contribution < -0.4 is 0 Å². The van der Waals surface area contributed by atoms with Gasteiger partial charge in [0.15, 0.2) is 5.69 Å². The Kier molecular flexibility index (Phi) is 7.37. The number of nitriles is 1. The Hall–Kier alpha value is -3.96. The number of hydrogen-bond donors (Lipinski definition) is 0. The smallest absolute Gasteiger partial charge is 0.358 e. The van der Waals surface area contributed by atoms with Gasteiger partial charge in [-0.3, -0.25) is 4.79 Å². The highest BCUT2D eigenvalue weighted by molar-refractivity contribution is 5.96. The van der Waals surface area contributed by atoms with E-state index in [0.29, 0.717) is 30.9 Å². The Morgan fingerprint density at radius 2 is 1.81 bits per heavy atom. The molecule has 0 saturated carbocycles. The summed E-state index contributed by atoms with van der Waals surface area (Å²) in [6.07, 6.45) is 0. The summed E-state index contributed by atoms with van der Waals surface area (Å²) in [6, 6.07) is 19.9. The maximum absolute atomic E-state index is 13.7. The summed E-state index contributed by atoms with van der Waals surface area (Å²) in [4.78, 5) is 29.5. The van der Waals surface area contributed by atoms with Crippen LogP contribution in [0, 0.1) is 11.3 Å². The largest absolute Gasteiger partial charge is 0.464 e. The standard InChI is InChI=1S/C24H25N5O3/c1-27(2)12-13-28(17-19-9-7-8-18(14-19)16-25)23(30)22-15-21(24(31)32-3)26-29(22)20-10-5-4-6-11-20/h4-11,14-15H,12-13,17H2,1-3H3. The third-order valence-electron chi connectivity index (χ3n) is 4.86. The zero-order chi connectivity index (χ0) is 23.1. The number of amides is 1. The van der Waals surface area contributed by atoms with Gasteiger partial charge in [-0.2, -0.15) is 10.4 Å². The Labute approximate surface area is 187 Å². The topological polar surface area (TPSA) is 91.5 Å². The SMILES string of the molecule is COC(=O)c1cc(C(=O)N(CCN(C)C)Cc2cccc(C#N)c2)n(-c2ccccc2)n1. The lowest BCUT2D eigenvalue weighted by Crippen LogP contribution is -2.37. The molecular weight excluding hydrogens is 406 g/mol. The molecule has 164 valence electrons. The van der Waals surface area contributed by atoms with E-state index in [4.69, 9.17) is 4.74 Å². The van der Waals surface area contributed by atoms with Gasteiger partial charge in [-0.25, -0.2) is 9.48 Å². The van der Waals surface area contributed by atoms with Gasteiger partial charge in [0, 0.05) is 25.7 Å². The number of carbonyl (C=O) groups is 2. The first-order valence-electron chi connectivity index (χ1n) is 10.1. The number of esters is 1. The quantitative estimate of drug-likeness (QED) is 0.510. The molecular formula is C24H25N5O3. The average molecular weight is 431 g/mol. The third kappa shape index (κ3) is 5.39. The van der Waals surface area contributed by atoms with Crippen LogP contribution in [0.2, 0.25) is 0 Å². The number of ether oxygens (including phenoxy) is 1. The van der Waals surface area contributed by atoms with E-state index >= 15 is 0 Å². The van der Waals surface area contributed by atoms with Crippen molar-refractivity contribution in [1.82, 2.24) is 19.6 Å². The van der Waals surface area contributed by atoms with Crippen molar-refractivity contribution in [2.45, 2.75) is 6.54 Å². The molecule has 1 amide bonds. The molecule has 1 heterocycles. The summed E-state index contributed by atoms with van der Waals surface area (Å²) >= 11 is 0. The monoisotopic (exact) mass is 431 g/mol. The molecule has 0 aliphatic rings. The fourth-order valence-corrected chi connectivity index (χ4v) is 3.20. The summed E-state index contributed by atoms with van der Waals surface area (Å²) in [7, 11) is 5.14. The maximum Gasteiger partial charge on any atom is 0.358 e. The highest BCUT2D eigenvalue weighted by atomic mass is 16.5. The molecule has 0 aliphatic heterocycles. The van der Waals surface area contributed by atoms with Crippen molar-refractivity contribution in [2.24, 2.45) is 0 Å². The Morgan fingerprint density at radius 1 is 1.06 bits per heavy atom. The zero-order valence-corrected chi connectivity index (χ0v) is 18.4. The van der Waals surface area contributed by atoms with Gasteiger partial charge < -0.3 is 14.5 Å². The van der Waals surface area contributed by atoms with Gasteiger partial charge >= 0.3 is 5.97 Å². The van der Waals surface area contributed by atoms with Gasteiger partial charge in [0.2, 0.25) is 0 Å². The van der Waals surface area contributed by atoms with Gasteiger partial charge in [-0.15, -0.1) is 0 Å². The molecule has 0 aliphatic carbocycles. The number of aromatic nitrogens is 2. The van der Waals surface area contributed by atoms with Crippen LogP contribution in [0.1, 0.15) is 32.1 Å². The van der Waals surface area contributed by atoms with Crippen molar-refractivity contribution >= 4 is 11.9 Å². The minimum Gasteiger partial charge on any atom is -0.464 e. The first-order chi connectivity index (χ1) is 15.4. The van der Waals surface area contributed by atoms with E-state index in [1.807, 2.05) is 55.4 Å². The highest BCUT2D eigenvalue weighted by Gasteiger charge is 2.25. The van der Waals surface area contributed by atoms with E-state index < -0.39 is 5.97 Å². The molecule has 0 unspecified atom stereocenters. The molecule has 0 spiro atoms. The summed E-state index contributed by atoms with van der Waals surface area (Å²) in [6.45, 7) is 1.42. The lowest BCUT2D eigenvalue weighted by atomic mass is 10.1. The molecule has 3 rings (SSSR count). The predicted octanol–water partition coefficient (Wildman–Crippen LogP) is 2.73. The Morgan fingerprint density at radius 3 is 2.47 bits per heavy atom. The summed E-state index contributed by atoms with van der Waals surface area (Å²) in [5, 5.41) is 13.5. The van der Waals surface area contributed by atoms with Gasteiger partial charge in [-0.05, 0) is 43.9 Å². The van der Waals surface area contributed by atoms with Crippen molar-refractivity contribution in [3.63, 3.8) is 0 Å². The first kappa shape index (κ1) is 22.7. The van der Waals surface area contributed by atoms with E-state index in [9.17, 15) is 14.9 Å². The van der Waals surface area contributed by atoms with Crippen molar-refractivity contribution < 1.29 is 14.3 Å². The van der Waals surface area contributed by atoms with Gasteiger partial charge in [0.25, 0.3) is 5.91 Å². The minimum absolute atomic E-state index is 0.0544. The molecule has 0 fully saturated rings. The van der Waals surface area contributed by atoms with Crippen LogP contribution in [-0.2, 0) is 11.3 Å². The van der Waals surface area contributed by atoms with Crippen LogP contribution in [0.25, 0.3) is 5.69 Å². The van der Waals surface area contributed by atoms with E-state index in [1.165, 1.54) is 17.9 Å². The molecule has 0 N–H and O–H groups in total. The summed E-state index contributed by atoms with van der Waals surface area (Å²) < 4.78 is 6.27. The molecule has 32 heavy (non-hydrogen) atoms. The van der Waals surface area contributed by atoms with Crippen LogP contribution in [-0.4, -0.2) is 65.8 Å². The number of nitrogens with zero attached hydrogens (tertiary/aromatic N) is 5. The number of methoxy groups -OCH3 is 1. The second-order valence-corrected chi connectivity index (χ2v) is 7.50. The number of rotatable bonds is 8. The number of benzene rings is 2. The Bertz CT molecular complexity index is 1130. The lowest BCUT2D eigenvalue weighted by molar-refractivity contribution is 0.0593. The normalized spacial score (nSPS) is 10.6. The highest BCUT2D eigenvalue weighted by Crippen LogP contribution is 2.18. The number of hydrogen-bond acceptors (Lipinski definition) is 6. The summed E-state index contributed by atoms with van der Waals surface area (Å²) in [5.74, 6) is -0.893. The Balaban J connectivity index is 2.01. The van der Waals surface area contributed by atoms with E-state index in [2.05, 4.69) is 11.2 Å². The number of likely N-dealkylation sites (N-methyl/N-ethyl adjacent to an activating group) is 1. The fourth-order valence-electron chi connectivity index (χ4n) is 3.20.